The fourth-order valence-electron chi connectivity index (χ4n) is 2.29. The van der Waals surface area contributed by atoms with Crippen LogP contribution in [0.2, 0.25) is 0 Å². The largest absolute Gasteiger partial charge is 0.480 e. The van der Waals surface area contributed by atoms with Gasteiger partial charge in [-0.05, 0) is 43.6 Å². The van der Waals surface area contributed by atoms with Crippen LogP contribution in [0.15, 0.2) is 18.2 Å². The molecule has 0 heterocycles. The van der Waals surface area contributed by atoms with E-state index in [1.807, 2.05) is 6.92 Å². The Morgan fingerprint density at radius 3 is 2.26 bits per heavy atom. The van der Waals surface area contributed by atoms with Gasteiger partial charge in [-0.1, -0.05) is 32.0 Å². The van der Waals surface area contributed by atoms with Crippen molar-refractivity contribution >= 4 is 5.97 Å². The molecule has 3 N–H and O–H groups in total. The van der Waals surface area contributed by atoms with E-state index < -0.39 is 12.0 Å². The monoisotopic (exact) mass is 264 g/mol. The minimum Gasteiger partial charge on any atom is -0.480 e. The number of likely N-dealkylation sites (N-methyl/N-ethyl adjacent to an activating group) is 2. The normalized spacial score (nSPS) is 14.4. The van der Waals surface area contributed by atoms with E-state index in [1.165, 1.54) is 5.56 Å². The van der Waals surface area contributed by atoms with Crippen LogP contribution in [0.25, 0.3) is 0 Å². The maximum atomic E-state index is 11.3. The first-order valence-corrected chi connectivity index (χ1v) is 6.60. The van der Waals surface area contributed by atoms with Gasteiger partial charge in [-0.25, -0.2) is 0 Å². The lowest BCUT2D eigenvalue weighted by atomic mass is 9.91. The van der Waals surface area contributed by atoms with Crippen molar-refractivity contribution in [2.24, 2.45) is 0 Å². The minimum absolute atomic E-state index is 0.249. The minimum atomic E-state index is -0.851. The van der Waals surface area contributed by atoms with Crippen molar-refractivity contribution in [2.75, 3.05) is 14.1 Å². The molecule has 0 fully saturated rings. The zero-order valence-corrected chi connectivity index (χ0v) is 12.3. The summed E-state index contributed by atoms with van der Waals surface area (Å²) >= 11 is 0. The van der Waals surface area contributed by atoms with Crippen molar-refractivity contribution in [1.29, 1.82) is 0 Å². The van der Waals surface area contributed by atoms with Gasteiger partial charge in [-0.15, -0.1) is 0 Å². The molecule has 4 nitrogen and oxygen atoms in total. The molecule has 2 unspecified atom stereocenters. The number of benzene rings is 1. The van der Waals surface area contributed by atoms with Gasteiger partial charge in [0, 0.05) is 0 Å². The fraction of sp³-hybridized carbons (Fsp3) is 0.533. The summed E-state index contributed by atoms with van der Waals surface area (Å²) in [6.45, 7) is 6.28. The third kappa shape index (κ3) is 3.55. The van der Waals surface area contributed by atoms with Gasteiger partial charge in [0.15, 0.2) is 0 Å². The molecule has 1 aromatic rings. The first kappa shape index (κ1) is 15.7. The molecule has 0 aromatic heterocycles. The Morgan fingerprint density at radius 1 is 1.21 bits per heavy atom. The second kappa shape index (κ2) is 6.68. The summed E-state index contributed by atoms with van der Waals surface area (Å²) in [5.74, 6) is -0.425. The standard InChI is InChI=1S/C15H24N2O2/c1-9(2)11-7-6-10(3)12(8-11)13(16-4)14(17-5)15(18)19/h6-9,13-14,16-17H,1-5H3,(H,18,19). The number of aryl methyl sites for hydroxylation is 1. The Labute approximate surface area is 115 Å². The van der Waals surface area contributed by atoms with Crippen LogP contribution in [-0.4, -0.2) is 31.2 Å². The molecule has 1 rings (SSSR count). The Morgan fingerprint density at radius 2 is 1.84 bits per heavy atom. The summed E-state index contributed by atoms with van der Waals surface area (Å²) in [4.78, 5) is 11.3. The van der Waals surface area contributed by atoms with Crippen LogP contribution in [-0.2, 0) is 4.79 Å². The van der Waals surface area contributed by atoms with Crippen molar-refractivity contribution in [3.05, 3.63) is 34.9 Å². The lowest BCUT2D eigenvalue weighted by Gasteiger charge is -2.26. The summed E-state index contributed by atoms with van der Waals surface area (Å²) in [6.07, 6.45) is 0. The highest BCUT2D eigenvalue weighted by molar-refractivity contribution is 5.75. The zero-order valence-electron chi connectivity index (χ0n) is 12.3. The van der Waals surface area contributed by atoms with Crippen LogP contribution in [0.4, 0.5) is 0 Å². The second-order valence-corrected chi connectivity index (χ2v) is 5.14. The molecule has 0 aliphatic heterocycles. The molecule has 0 saturated heterocycles. The second-order valence-electron chi connectivity index (χ2n) is 5.14. The topological polar surface area (TPSA) is 61.4 Å². The third-order valence-electron chi connectivity index (χ3n) is 3.53. The van der Waals surface area contributed by atoms with Crippen molar-refractivity contribution in [1.82, 2.24) is 10.6 Å². The quantitative estimate of drug-likeness (QED) is 0.736. The van der Waals surface area contributed by atoms with Gasteiger partial charge in [0.25, 0.3) is 0 Å². The van der Waals surface area contributed by atoms with Crippen LogP contribution in [0.1, 0.15) is 42.5 Å². The zero-order chi connectivity index (χ0) is 14.6. The fourth-order valence-corrected chi connectivity index (χ4v) is 2.29. The number of aliphatic carboxylic acids is 1. The Balaban J connectivity index is 3.23. The molecule has 0 radical (unpaired) electrons. The average Bonchev–Trinajstić information content (AvgIpc) is 2.36. The number of rotatable bonds is 6. The van der Waals surface area contributed by atoms with Gasteiger partial charge in [0.05, 0.1) is 6.04 Å². The van der Waals surface area contributed by atoms with E-state index in [4.69, 9.17) is 0 Å². The average molecular weight is 264 g/mol. The molecule has 1 aromatic carbocycles. The number of nitrogens with one attached hydrogen (secondary N) is 2. The predicted octanol–water partition coefficient (Wildman–Crippen LogP) is 2.05. The molecule has 0 bridgehead atoms. The molecule has 106 valence electrons. The Kier molecular flexibility index (Phi) is 5.51. The van der Waals surface area contributed by atoms with E-state index in [1.54, 1.807) is 14.1 Å². The first-order chi connectivity index (χ1) is 8.92. The summed E-state index contributed by atoms with van der Waals surface area (Å²) in [7, 11) is 3.46. The van der Waals surface area contributed by atoms with E-state index >= 15 is 0 Å². The van der Waals surface area contributed by atoms with Crippen molar-refractivity contribution in [3.8, 4) is 0 Å². The van der Waals surface area contributed by atoms with E-state index in [-0.39, 0.29) is 6.04 Å². The summed E-state index contributed by atoms with van der Waals surface area (Å²) < 4.78 is 0. The smallest absolute Gasteiger partial charge is 0.322 e. The maximum absolute atomic E-state index is 11.3. The molecule has 4 heteroatoms. The van der Waals surface area contributed by atoms with Gasteiger partial charge in [-0.2, -0.15) is 0 Å². The van der Waals surface area contributed by atoms with Gasteiger partial charge >= 0.3 is 5.97 Å². The lowest BCUT2D eigenvalue weighted by Crippen LogP contribution is -2.44. The van der Waals surface area contributed by atoms with Crippen molar-refractivity contribution in [3.63, 3.8) is 0 Å². The van der Waals surface area contributed by atoms with Gasteiger partial charge < -0.3 is 15.7 Å². The molecule has 0 aliphatic rings. The van der Waals surface area contributed by atoms with Crippen LogP contribution in [0, 0.1) is 6.92 Å². The molecule has 0 amide bonds. The number of hydrogen-bond donors (Lipinski definition) is 3. The summed E-state index contributed by atoms with van der Waals surface area (Å²) in [6, 6.07) is 5.37. The van der Waals surface area contributed by atoms with Crippen LogP contribution in [0.5, 0.6) is 0 Å². The SMILES string of the molecule is CNC(C(=O)O)C(NC)c1cc(C(C)C)ccc1C. The highest BCUT2D eigenvalue weighted by Crippen LogP contribution is 2.25. The first-order valence-electron chi connectivity index (χ1n) is 6.60. The third-order valence-corrected chi connectivity index (χ3v) is 3.53. The number of carboxylic acids is 1. The van der Waals surface area contributed by atoms with E-state index in [2.05, 4.69) is 42.7 Å². The van der Waals surface area contributed by atoms with Crippen LogP contribution >= 0.6 is 0 Å². The van der Waals surface area contributed by atoms with Crippen LogP contribution in [0.3, 0.4) is 0 Å². The molecule has 0 spiro atoms. The Hall–Kier alpha value is -1.39. The maximum Gasteiger partial charge on any atom is 0.322 e. The predicted molar refractivity (Wildman–Crippen MR) is 77.6 cm³/mol. The molecule has 2 atom stereocenters. The summed E-state index contributed by atoms with van der Waals surface area (Å²) in [5, 5.41) is 15.3. The lowest BCUT2D eigenvalue weighted by molar-refractivity contribution is -0.140. The van der Waals surface area contributed by atoms with Crippen molar-refractivity contribution in [2.45, 2.75) is 38.8 Å². The van der Waals surface area contributed by atoms with Gasteiger partial charge in [0.1, 0.15) is 6.04 Å². The molecule has 19 heavy (non-hydrogen) atoms. The molecule has 0 aliphatic carbocycles. The number of carboxylic acid groups (broad SMARTS) is 1. The molecular formula is C15H24N2O2. The molecule has 0 saturated carbocycles. The highest BCUT2D eigenvalue weighted by atomic mass is 16.4. The Bertz CT molecular complexity index is 444. The molecular weight excluding hydrogens is 240 g/mol. The highest BCUT2D eigenvalue weighted by Gasteiger charge is 2.28. The van der Waals surface area contributed by atoms with Gasteiger partial charge in [0.2, 0.25) is 0 Å². The van der Waals surface area contributed by atoms with Crippen molar-refractivity contribution < 1.29 is 9.90 Å². The van der Waals surface area contributed by atoms with E-state index in [0.717, 1.165) is 11.1 Å². The van der Waals surface area contributed by atoms with Crippen LogP contribution < -0.4 is 10.6 Å². The van der Waals surface area contributed by atoms with Gasteiger partial charge in [-0.3, -0.25) is 4.79 Å². The summed E-state index contributed by atoms with van der Waals surface area (Å²) in [5.41, 5.74) is 3.36. The van der Waals surface area contributed by atoms with E-state index in [9.17, 15) is 9.90 Å². The number of hydrogen-bond acceptors (Lipinski definition) is 3. The van der Waals surface area contributed by atoms with E-state index in [0.29, 0.717) is 5.92 Å². The number of carbonyl (C=O) groups is 1.